The first-order valence-electron chi connectivity index (χ1n) is 8.81. The summed E-state index contributed by atoms with van der Waals surface area (Å²) < 4.78 is 7.04. The number of hydrogen-bond donors (Lipinski definition) is 2. The highest BCUT2D eigenvalue weighted by atomic mass is 16.3. The second-order valence-corrected chi connectivity index (χ2v) is 6.66. The van der Waals surface area contributed by atoms with Gasteiger partial charge in [0.05, 0.1) is 12.8 Å². The first-order chi connectivity index (χ1) is 13.5. The summed E-state index contributed by atoms with van der Waals surface area (Å²) in [7, 11) is 0. The number of nitrogen functional groups attached to an aromatic ring is 1. The smallest absolute Gasteiger partial charge is 0.251 e. The summed E-state index contributed by atoms with van der Waals surface area (Å²) in [6, 6.07) is 10.9. The Balaban J connectivity index is 1.69. The van der Waals surface area contributed by atoms with Crippen molar-refractivity contribution in [1.82, 2.24) is 30.3 Å². The summed E-state index contributed by atoms with van der Waals surface area (Å²) in [5.74, 6) is 0.526. The van der Waals surface area contributed by atoms with Gasteiger partial charge in [-0.05, 0) is 43.7 Å². The molecule has 3 aromatic heterocycles. The van der Waals surface area contributed by atoms with Gasteiger partial charge in [-0.1, -0.05) is 17.3 Å². The van der Waals surface area contributed by atoms with Gasteiger partial charge >= 0.3 is 0 Å². The standard InChI is InChI=1S/C19H19N7O2/c1-11(2)21-18(27)13-6-3-5-12(9-13)10-26-17-16(24-25-26)15(22-19(20)23-17)14-7-4-8-28-14/h3-9,11H,10H2,1-2H3,(H,21,27)(H2,20,22,23). The van der Waals surface area contributed by atoms with Gasteiger partial charge in [-0.15, -0.1) is 5.10 Å². The molecule has 0 radical (unpaired) electrons. The van der Waals surface area contributed by atoms with E-state index >= 15 is 0 Å². The van der Waals surface area contributed by atoms with Crippen molar-refractivity contribution >= 4 is 23.0 Å². The second-order valence-electron chi connectivity index (χ2n) is 6.66. The van der Waals surface area contributed by atoms with E-state index in [1.54, 1.807) is 29.1 Å². The zero-order valence-electron chi connectivity index (χ0n) is 15.5. The highest BCUT2D eigenvalue weighted by Gasteiger charge is 2.17. The lowest BCUT2D eigenvalue weighted by Crippen LogP contribution is -2.30. The number of nitrogens with one attached hydrogen (secondary N) is 1. The zero-order chi connectivity index (χ0) is 19.7. The molecule has 4 aromatic rings. The molecule has 9 heteroatoms. The number of carbonyl (C=O) groups excluding carboxylic acids is 1. The molecule has 0 aliphatic rings. The molecule has 0 saturated carbocycles. The number of rotatable bonds is 5. The largest absolute Gasteiger partial charge is 0.463 e. The van der Waals surface area contributed by atoms with Crippen LogP contribution in [0.25, 0.3) is 22.6 Å². The summed E-state index contributed by atoms with van der Waals surface area (Å²) in [4.78, 5) is 20.8. The van der Waals surface area contributed by atoms with Crippen molar-refractivity contribution in [1.29, 1.82) is 0 Å². The van der Waals surface area contributed by atoms with E-state index in [0.717, 1.165) is 5.56 Å². The minimum Gasteiger partial charge on any atom is -0.463 e. The van der Waals surface area contributed by atoms with E-state index in [2.05, 4.69) is 25.6 Å². The third-order valence-corrected chi connectivity index (χ3v) is 4.08. The van der Waals surface area contributed by atoms with E-state index in [9.17, 15) is 4.79 Å². The van der Waals surface area contributed by atoms with Gasteiger partial charge in [-0.2, -0.15) is 4.98 Å². The average molecular weight is 377 g/mol. The van der Waals surface area contributed by atoms with Crippen molar-refractivity contribution in [2.24, 2.45) is 0 Å². The van der Waals surface area contributed by atoms with Gasteiger partial charge in [0.2, 0.25) is 5.95 Å². The van der Waals surface area contributed by atoms with Crippen LogP contribution in [0, 0.1) is 0 Å². The highest BCUT2D eigenvalue weighted by Crippen LogP contribution is 2.25. The fourth-order valence-electron chi connectivity index (χ4n) is 2.89. The first-order valence-corrected chi connectivity index (χ1v) is 8.81. The monoisotopic (exact) mass is 377 g/mol. The van der Waals surface area contributed by atoms with Crippen molar-refractivity contribution < 1.29 is 9.21 Å². The van der Waals surface area contributed by atoms with E-state index in [0.29, 0.717) is 34.7 Å². The van der Waals surface area contributed by atoms with Crippen molar-refractivity contribution in [2.75, 3.05) is 5.73 Å². The molecular formula is C19H19N7O2. The fourth-order valence-corrected chi connectivity index (χ4v) is 2.89. The molecule has 0 bridgehead atoms. The quantitative estimate of drug-likeness (QED) is 0.546. The Bertz CT molecular complexity index is 1130. The van der Waals surface area contributed by atoms with Crippen LogP contribution in [0.2, 0.25) is 0 Å². The predicted octanol–water partition coefficient (Wildman–Crippen LogP) is 2.25. The molecule has 0 saturated heterocycles. The Morgan fingerprint density at radius 3 is 2.86 bits per heavy atom. The van der Waals surface area contributed by atoms with E-state index in [-0.39, 0.29) is 17.9 Å². The third-order valence-electron chi connectivity index (χ3n) is 4.08. The Morgan fingerprint density at radius 1 is 1.25 bits per heavy atom. The summed E-state index contributed by atoms with van der Waals surface area (Å²) in [6.07, 6.45) is 1.55. The molecule has 28 heavy (non-hydrogen) atoms. The zero-order valence-corrected chi connectivity index (χ0v) is 15.5. The first kappa shape index (κ1) is 17.7. The van der Waals surface area contributed by atoms with Gasteiger partial charge in [0.1, 0.15) is 5.69 Å². The summed E-state index contributed by atoms with van der Waals surface area (Å²) in [5, 5.41) is 11.3. The highest BCUT2D eigenvalue weighted by molar-refractivity contribution is 5.94. The number of amides is 1. The SMILES string of the molecule is CC(C)NC(=O)c1cccc(Cn2nnc3c(-c4ccco4)nc(N)nc32)c1. The van der Waals surface area contributed by atoms with E-state index in [1.165, 1.54) is 0 Å². The number of hydrogen-bond acceptors (Lipinski definition) is 7. The predicted molar refractivity (Wildman–Crippen MR) is 103 cm³/mol. The van der Waals surface area contributed by atoms with Crippen molar-refractivity contribution in [3.63, 3.8) is 0 Å². The molecule has 0 unspecified atom stereocenters. The van der Waals surface area contributed by atoms with Crippen LogP contribution in [0.15, 0.2) is 47.1 Å². The summed E-state index contributed by atoms with van der Waals surface area (Å²) in [5.41, 5.74) is 8.83. The minimum absolute atomic E-state index is 0.0649. The second kappa shape index (κ2) is 7.10. The van der Waals surface area contributed by atoms with Crippen LogP contribution < -0.4 is 11.1 Å². The number of fused-ring (bicyclic) bond motifs is 1. The average Bonchev–Trinajstić information content (AvgIpc) is 3.32. The van der Waals surface area contributed by atoms with Crippen LogP contribution in [0.5, 0.6) is 0 Å². The van der Waals surface area contributed by atoms with Gasteiger partial charge in [-0.25, -0.2) is 9.67 Å². The molecule has 142 valence electrons. The number of anilines is 1. The van der Waals surface area contributed by atoms with Gasteiger partial charge in [0.25, 0.3) is 5.91 Å². The third kappa shape index (κ3) is 3.41. The van der Waals surface area contributed by atoms with Gasteiger partial charge in [0, 0.05) is 11.6 Å². The van der Waals surface area contributed by atoms with Crippen molar-refractivity contribution in [3.05, 3.63) is 53.8 Å². The maximum Gasteiger partial charge on any atom is 0.251 e. The lowest BCUT2D eigenvalue weighted by molar-refractivity contribution is 0.0943. The molecule has 1 amide bonds. The van der Waals surface area contributed by atoms with E-state index in [1.807, 2.05) is 32.0 Å². The van der Waals surface area contributed by atoms with Crippen molar-refractivity contribution in [3.8, 4) is 11.5 Å². The molecule has 3 heterocycles. The minimum atomic E-state index is -0.119. The van der Waals surface area contributed by atoms with Crippen LogP contribution >= 0.6 is 0 Å². The van der Waals surface area contributed by atoms with E-state index in [4.69, 9.17) is 10.2 Å². The maximum atomic E-state index is 12.2. The van der Waals surface area contributed by atoms with Crippen LogP contribution in [0.4, 0.5) is 5.95 Å². The van der Waals surface area contributed by atoms with Gasteiger partial charge in [-0.3, -0.25) is 4.79 Å². The van der Waals surface area contributed by atoms with Crippen LogP contribution in [0.3, 0.4) is 0 Å². The molecule has 0 aliphatic heterocycles. The Kier molecular flexibility index (Phi) is 4.48. The summed E-state index contributed by atoms with van der Waals surface area (Å²) >= 11 is 0. The Labute approximate surface area is 160 Å². The molecule has 1 aromatic carbocycles. The molecule has 0 fully saturated rings. The maximum absolute atomic E-state index is 12.2. The molecule has 0 aliphatic carbocycles. The molecule has 0 atom stereocenters. The molecule has 9 nitrogen and oxygen atoms in total. The molecular weight excluding hydrogens is 358 g/mol. The van der Waals surface area contributed by atoms with E-state index < -0.39 is 0 Å². The molecule has 3 N–H and O–H groups in total. The van der Waals surface area contributed by atoms with Crippen LogP contribution in [-0.4, -0.2) is 36.9 Å². The molecule has 0 spiro atoms. The fraction of sp³-hybridized carbons (Fsp3) is 0.211. The lowest BCUT2D eigenvalue weighted by atomic mass is 10.1. The molecule has 4 rings (SSSR count). The number of furan rings is 1. The number of benzene rings is 1. The Morgan fingerprint density at radius 2 is 2.11 bits per heavy atom. The number of aromatic nitrogens is 5. The number of nitrogens with two attached hydrogens (primary N) is 1. The van der Waals surface area contributed by atoms with Gasteiger partial charge in [0.15, 0.2) is 16.9 Å². The normalized spacial score (nSPS) is 11.2. The lowest BCUT2D eigenvalue weighted by Gasteiger charge is -2.09. The van der Waals surface area contributed by atoms with Gasteiger partial charge < -0.3 is 15.5 Å². The number of carbonyl (C=O) groups is 1. The summed E-state index contributed by atoms with van der Waals surface area (Å²) in [6.45, 7) is 4.22. The topological polar surface area (TPSA) is 125 Å². The van der Waals surface area contributed by atoms with Crippen molar-refractivity contribution in [2.45, 2.75) is 26.4 Å². The van der Waals surface area contributed by atoms with Crippen LogP contribution in [0.1, 0.15) is 29.8 Å². The van der Waals surface area contributed by atoms with Crippen LogP contribution in [-0.2, 0) is 6.54 Å². The Hall–Kier alpha value is -3.75. The number of nitrogens with zero attached hydrogens (tertiary/aromatic N) is 5.